The number of carbonyl (C=O) groups excluding carboxylic acids is 1. The first-order valence-corrected chi connectivity index (χ1v) is 11.1. The molecule has 0 radical (unpaired) electrons. The van der Waals surface area contributed by atoms with E-state index in [1.54, 1.807) is 0 Å². The largest absolute Gasteiger partial charge is 0.379 e. The van der Waals surface area contributed by atoms with E-state index in [2.05, 4.69) is 17.0 Å². The summed E-state index contributed by atoms with van der Waals surface area (Å²) < 4.78 is 6.43. The van der Waals surface area contributed by atoms with Gasteiger partial charge >= 0.3 is 0 Å². The molecule has 4 rings (SSSR count). The maximum Gasteiger partial charge on any atom is 0.229 e. The summed E-state index contributed by atoms with van der Waals surface area (Å²) in [5.41, 5.74) is 1.93. The summed E-state index contributed by atoms with van der Waals surface area (Å²) >= 11 is 7.84. The molecule has 1 aliphatic rings. The normalized spacial score (nSPS) is 14.4. The average molecular weight is 466 g/mol. The number of ether oxygens (including phenoxy) is 1. The third-order valence-electron chi connectivity index (χ3n) is 5.10. The number of hydrogen-bond donors (Lipinski definition) is 0. The summed E-state index contributed by atoms with van der Waals surface area (Å²) in [6, 6.07) is 15.9. The summed E-state index contributed by atoms with van der Waals surface area (Å²) in [6.45, 7) is 4.72. The lowest BCUT2D eigenvalue weighted by atomic mass is 10.1. The van der Waals surface area contributed by atoms with Crippen LogP contribution < -0.4 is 4.90 Å². The lowest BCUT2D eigenvalue weighted by Crippen LogP contribution is -2.43. The number of para-hydroxylation sites is 1. The molecule has 5 nitrogen and oxygen atoms in total. The van der Waals surface area contributed by atoms with Crippen molar-refractivity contribution in [2.75, 3.05) is 44.3 Å². The van der Waals surface area contributed by atoms with E-state index in [-0.39, 0.29) is 18.3 Å². The molecule has 2 heterocycles. The van der Waals surface area contributed by atoms with Crippen molar-refractivity contribution in [3.63, 3.8) is 0 Å². The molecule has 1 aromatic heterocycles. The van der Waals surface area contributed by atoms with Crippen molar-refractivity contribution < 1.29 is 9.53 Å². The highest BCUT2D eigenvalue weighted by atomic mass is 35.5. The molecule has 160 valence electrons. The Morgan fingerprint density at radius 1 is 1.13 bits per heavy atom. The molecular formula is C22H25Cl2N3O2S. The van der Waals surface area contributed by atoms with Crippen molar-refractivity contribution in [3.05, 3.63) is 59.1 Å². The second kappa shape index (κ2) is 11.1. The first-order valence-electron chi connectivity index (χ1n) is 9.90. The lowest BCUT2D eigenvalue weighted by Gasteiger charge is -2.29. The Morgan fingerprint density at radius 3 is 2.63 bits per heavy atom. The fourth-order valence-corrected chi connectivity index (χ4v) is 4.75. The van der Waals surface area contributed by atoms with Crippen LogP contribution in [0.3, 0.4) is 0 Å². The van der Waals surface area contributed by atoms with Crippen LogP contribution in [0.1, 0.15) is 12.0 Å². The van der Waals surface area contributed by atoms with Gasteiger partial charge in [0.05, 0.1) is 22.9 Å². The zero-order valence-electron chi connectivity index (χ0n) is 16.6. The molecule has 8 heteroatoms. The molecule has 0 atom stereocenters. The van der Waals surface area contributed by atoms with Gasteiger partial charge in [0, 0.05) is 32.6 Å². The van der Waals surface area contributed by atoms with Crippen LogP contribution in [0, 0.1) is 0 Å². The van der Waals surface area contributed by atoms with Gasteiger partial charge in [0.25, 0.3) is 0 Å². The Balaban J connectivity index is 0.00000256. The van der Waals surface area contributed by atoms with Crippen molar-refractivity contribution in [1.82, 2.24) is 9.88 Å². The Hall–Kier alpha value is -1.70. The number of nitrogens with zero attached hydrogens (tertiary/aromatic N) is 3. The zero-order valence-corrected chi connectivity index (χ0v) is 19.0. The number of rotatable bonds is 7. The highest BCUT2D eigenvalue weighted by Crippen LogP contribution is 2.33. The van der Waals surface area contributed by atoms with Crippen molar-refractivity contribution in [2.45, 2.75) is 12.8 Å². The zero-order chi connectivity index (χ0) is 20.1. The Kier molecular flexibility index (Phi) is 8.48. The highest BCUT2D eigenvalue weighted by Gasteiger charge is 2.22. The molecule has 30 heavy (non-hydrogen) atoms. The predicted octanol–water partition coefficient (Wildman–Crippen LogP) is 4.67. The molecule has 1 fully saturated rings. The maximum atomic E-state index is 13.2. The molecule has 1 saturated heterocycles. The van der Waals surface area contributed by atoms with Gasteiger partial charge < -0.3 is 4.74 Å². The molecule has 0 bridgehead atoms. The van der Waals surface area contributed by atoms with Crippen molar-refractivity contribution in [1.29, 1.82) is 0 Å². The number of thiazole rings is 1. The number of aryl methyl sites for hydroxylation is 1. The number of aromatic nitrogens is 1. The molecule has 2 aromatic carbocycles. The van der Waals surface area contributed by atoms with Gasteiger partial charge in [-0.3, -0.25) is 14.6 Å². The predicted molar refractivity (Wildman–Crippen MR) is 126 cm³/mol. The van der Waals surface area contributed by atoms with E-state index in [0.717, 1.165) is 54.6 Å². The summed E-state index contributed by atoms with van der Waals surface area (Å²) in [5.74, 6) is 0.0947. The van der Waals surface area contributed by atoms with E-state index in [4.69, 9.17) is 21.3 Å². The quantitative estimate of drug-likeness (QED) is 0.508. The first-order chi connectivity index (χ1) is 14.2. The van der Waals surface area contributed by atoms with Gasteiger partial charge in [0.15, 0.2) is 5.13 Å². The second-order valence-electron chi connectivity index (χ2n) is 7.07. The molecule has 0 N–H and O–H groups in total. The van der Waals surface area contributed by atoms with E-state index in [1.165, 1.54) is 16.9 Å². The van der Waals surface area contributed by atoms with E-state index in [9.17, 15) is 4.79 Å². The SMILES string of the molecule is Cl.O=C(CCc1ccccc1)N(CCN1CCOCC1)c1nc2c(Cl)cccc2s1. The molecule has 0 spiro atoms. The number of anilines is 1. The van der Waals surface area contributed by atoms with E-state index in [1.807, 2.05) is 41.3 Å². The van der Waals surface area contributed by atoms with Crippen LogP contribution in [0.4, 0.5) is 5.13 Å². The Labute approximate surface area is 192 Å². The summed E-state index contributed by atoms with van der Waals surface area (Å²) in [4.78, 5) is 22.0. The van der Waals surface area contributed by atoms with Crippen molar-refractivity contribution >= 4 is 56.6 Å². The van der Waals surface area contributed by atoms with Gasteiger partial charge in [-0.15, -0.1) is 12.4 Å². The molecule has 0 aliphatic carbocycles. The van der Waals surface area contributed by atoms with Crippen LogP contribution in [0.2, 0.25) is 5.02 Å². The van der Waals surface area contributed by atoms with Gasteiger partial charge in [0.1, 0.15) is 5.52 Å². The fraction of sp³-hybridized carbons (Fsp3) is 0.364. The minimum Gasteiger partial charge on any atom is -0.379 e. The van der Waals surface area contributed by atoms with Crippen molar-refractivity contribution in [3.8, 4) is 0 Å². The minimum absolute atomic E-state index is 0. The van der Waals surface area contributed by atoms with Gasteiger partial charge in [0.2, 0.25) is 5.91 Å². The van der Waals surface area contributed by atoms with Crippen molar-refractivity contribution in [2.24, 2.45) is 0 Å². The number of hydrogen-bond acceptors (Lipinski definition) is 5. The molecule has 0 saturated carbocycles. The average Bonchev–Trinajstić information content (AvgIpc) is 3.19. The Morgan fingerprint density at radius 2 is 1.90 bits per heavy atom. The molecular weight excluding hydrogens is 441 g/mol. The lowest BCUT2D eigenvalue weighted by molar-refractivity contribution is -0.118. The fourth-order valence-electron chi connectivity index (χ4n) is 3.44. The Bertz CT molecular complexity index is 961. The topological polar surface area (TPSA) is 45.7 Å². The van der Waals surface area contributed by atoms with Crippen LogP contribution in [0.25, 0.3) is 10.2 Å². The van der Waals surface area contributed by atoms with E-state index in [0.29, 0.717) is 18.0 Å². The van der Waals surface area contributed by atoms with Crippen LogP contribution in [-0.4, -0.2) is 55.2 Å². The first kappa shape index (κ1) is 23.0. The number of halogens is 2. The number of amides is 1. The molecule has 3 aromatic rings. The van der Waals surface area contributed by atoms with Gasteiger partial charge in [-0.05, 0) is 24.1 Å². The second-order valence-corrected chi connectivity index (χ2v) is 8.48. The number of benzene rings is 2. The van der Waals surface area contributed by atoms with Crippen LogP contribution in [-0.2, 0) is 16.0 Å². The van der Waals surface area contributed by atoms with Gasteiger partial charge in [-0.2, -0.15) is 0 Å². The summed E-state index contributed by atoms with van der Waals surface area (Å²) in [5, 5.41) is 1.34. The molecule has 0 unspecified atom stereocenters. The standard InChI is InChI=1S/C22H24ClN3O2S.ClH/c23-18-7-4-8-19-21(18)24-22(29-19)26(12-11-25-13-15-28-16-14-25)20(27)10-9-17-5-2-1-3-6-17;/h1-8H,9-16H2;1H. The summed E-state index contributed by atoms with van der Waals surface area (Å²) in [6.07, 6.45) is 1.18. The minimum atomic E-state index is 0. The van der Waals surface area contributed by atoms with Crippen LogP contribution in [0.15, 0.2) is 48.5 Å². The van der Waals surface area contributed by atoms with E-state index >= 15 is 0 Å². The van der Waals surface area contributed by atoms with E-state index < -0.39 is 0 Å². The molecule has 1 aliphatic heterocycles. The van der Waals surface area contributed by atoms with Gasteiger partial charge in [-0.25, -0.2) is 4.98 Å². The third kappa shape index (κ3) is 5.71. The number of carbonyl (C=O) groups is 1. The van der Waals surface area contributed by atoms with Crippen LogP contribution in [0.5, 0.6) is 0 Å². The monoisotopic (exact) mass is 465 g/mol. The van der Waals surface area contributed by atoms with Gasteiger partial charge in [-0.1, -0.05) is 59.3 Å². The third-order valence-corrected chi connectivity index (χ3v) is 6.45. The molecule has 1 amide bonds. The highest BCUT2D eigenvalue weighted by molar-refractivity contribution is 7.22. The smallest absolute Gasteiger partial charge is 0.229 e. The number of fused-ring (bicyclic) bond motifs is 1. The number of morpholine rings is 1. The maximum absolute atomic E-state index is 13.2. The summed E-state index contributed by atoms with van der Waals surface area (Å²) in [7, 11) is 0. The van der Waals surface area contributed by atoms with Crippen LogP contribution >= 0.6 is 35.3 Å².